The molecule has 0 N–H and O–H groups in total. The topological polar surface area (TPSA) is 0 Å². The summed E-state index contributed by atoms with van der Waals surface area (Å²) in [7, 11) is 0. The van der Waals surface area contributed by atoms with Gasteiger partial charge in [0.15, 0.2) is 0 Å². The first kappa shape index (κ1) is 6.91. The first-order valence-corrected chi connectivity index (χ1v) is 5.55. The van der Waals surface area contributed by atoms with Crippen LogP contribution >= 0.6 is 0 Å². The van der Waals surface area contributed by atoms with Gasteiger partial charge in [0.2, 0.25) is 0 Å². The monoisotopic (exact) mass is 218 g/mol. The molecule has 1 fully saturated rings. The Balaban J connectivity index is 2.17. The number of hydrogen-bond acceptors (Lipinski definition) is 0. The van der Waals surface area contributed by atoms with E-state index in [0.29, 0.717) is 0 Å². The third-order valence-electron chi connectivity index (χ3n) is 1.90. The van der Waals surface area contributed by atoms with Crippen molar-refractivity contribution >= 4 is 22.5 Å². The summed E-state index contributed by atoms with van der Waals surface area (Å²) in [5.74, 6) is 0. The Morgan fingerprint density at radius 2 is 1.38 bits per heavy atom. The predicted octanol–water partition coefficient (Wildman–Crippen LogP) is 2.03. The Morgan fingerprint density at radius 1 is 0.875 bits per heavy atom. The van der Waals surface area contributed by atoms with Gasteiger partial charge in [0.05, 0.1) is 0 Å². The van der Waals surface area contributed by atoms with E-state index in [2.05, 4.69) is 0 Å². The summed E-state index contributed by atoms with van der Waals surface area (Å²) in [4.78, 5) is 0. The summed E-state index contributed by atoms with van der Waals surface area (Å²) in [5, 5.41) is 0. The molecule has 46 valence electrons. The van der Waals surface area contributed by atoms with Crippen LogP contribution < -0.4 is 0 Å². The molecule has 0 spiro atoms. The van der Waals surface area contributed by atoms with Crippen molar-refractivity contribution in [2.45, 2.75) is 42.5 Å². The molecule has 0 saturated heterocycles. The van der Waals surface area contributed by atoms with E-state index in [1.165, 1.54) is 48.2 Å². The zero-order valence-electron chi connectivity index (χ0n) is 5.40. The van der Waals surface area contributed by atoms with Crippen LogP contribution in [0.4, 0.5) is 0 Å². The van der Waals surface area contributed by atoms with Crippen LogP contribution in [0.25, 0.3) is 0 Å². The van der Waals surface area contributed by atoms with Gasteiger partial charge in [-0.05, 0) is 0 Å². The van der Waals surface area contributed by atoms with Crippen molar-refractivity contribution in [3.8, 4) is 0 Å². The molecule has 0 aromatic heterocycles. The van der Waals surface area contributed by atoms with Crippen LogP contribution in [0.2, 0.25) is 3.93 Å². The molecule has 1 rings (SSSR count). The zero-order valence-corrected chi connectivity index (χ0v) is 8.69. The molecule has 1 aliphatic rings. The van der Waals surface area contributed by atoms with Crippen molar-refractivity contribution in [2.24, 2.45) is 0 Å². The van der Waals surface area contributed by atoms with Crippen LogP contribution in [-0.4, -0.2) is 22.5 Å². The minimum absolute atomic E-state index is 1.16. The molecule has 0 aromatic rings. The summed E-state index contributed by atoms with van der Waals surface area (Å²) in [6.07, 6.45) is 9.15. The Bertz CT molecular complexity index is 53.4. The molecule has 0 atom stereocenters. The molecule has 0 amide bonds. The third-order valence-corrected chi connectivity index (χ3v) is 3.80. The molecule has 0 aromatic carbocycles. The van der Waals surface area contributed by atoms with Gasteiger partial charge in [0.25, 0.3) is 0 Å². The molecular weight excluding hydrogens is 203 g/mol. The summed E-state index contributed by atoms with van der Waals surface area (Å²) >= 11 is 1.51. The molecule has 1 aliphatic carbocycles. The van der Waals surface area contributed by atoms with Crippen LogP contribution in [0.5, 0.6) is 0 Å². The SMILES string of the molecule is [SnH][CH]1CCCCCC1. The molecule has 0 bridgehead atoms. The van der Waals surface area contributed by atoms with Crippen molar-refractivity contribution in [1.82, 2.24) is 0 Å². The van der Waals surface area contributed by atoms with Crippen molar-refractivity contribution in [1.29, 1.82) is 0 Å². The second-order valence-electron chi connectivity index (χ2n) is 2.75. The second kappa shape index (κ2) is 3.75. The quantitative estimate of drug-likeness (QED) is 0.430. The third kappa shape index (κ3) is 2.38. The van der Waals surface area contributed by atoms with E-state index in [1.54, 1.807) is 12.8 Å². The van der Waals surface area contributed by atoms with E-state index in [-0.39, 0.29) is 0 Å². The fourth-order valence-corrected chi connectivity index (χ4v) is 2.66. The van der Waals surface area contributed by atoms with Crippen LogP contribution in [0, 0.1) is 0 Å². The summed E-state index contributed by atoms with van der Waals surface area (Å²) in [5.41, 5.74) is 0. The number of rotatable bonds is 0. The molecule has 0 heterocycles. The maximum absolute atomic E-state index is 1.54. The van der Waals surface area contributed by atoms with Crippen LogP contribution in [0.1, 0.15) is 38.5 Å². The van der Waals surface area contributed by atoms with E-state index in [0.717, 1.165) is 3.93 Å². The molecule has 0 unspecified atom stereocenters. The Labute approximate surface area is 65.1 Å². The van der Waals surface area contributed by atoms with Crippen LogP contribution in [-0.2, 0) is 0 Å². The standard InChI is InChI=1S/C7H13.Sn.H/c1-2-4-6-7-5-3-1;;/h1H,2-7H2;;. The van der Waals surface area contributed by atoms with E-state index < -0.39 is 0 Å². The Morgan fingerprint density at radius 3 is 1.88 bits per heavy atom. The first-order chi connectivity index (χ1) is 3.89. The normalized spacial score (nSPS) is 25.1. The summed E-state index contributed by atoms with van der Waals surface area (Å²) in [6.45, 7) is 0. The molecule has 1 heteroatoms. The van der Waals surface area contributed by atoms with Crippen molar-refractivity contribution < 1.29 is 0 Å². The zero-order chi connectivity index (χ0) is 5.82. The van der Waals surface area contributed by atoms with Gasteiger partial charge in [0, 0.05) is 0 Å². The van der Waals surface area contributed by atoms with Crippen LogP contribution in [0.3, 0.4) is 0 Å². The molecule has 0 nitrogen and oxygen atoms in total. The van der Waals surface area contributed by atoms with Gasteiger partial charge in [-0.3, -0.25) is 0 Å². The fourth-order valence-electron chi connectivity index (χ4n) is 1.31. The summed E-state index contributed by atoms with van der Waals surface area (Å²) < 4.78 is 1.16. The van der Waals surface area contributed by atoms with E-state index in [9.17, 15) is 0 Å². The Kier molecular flexibility index (Phi) is 3.24. The molecule has 0 aliphatic heterocycles. The predicted molar refractivity (Wildman–Crippen MR) is 38.6 cm³/mol. The van der Waals surface area contributed by atoms with Crippen molar-refractivity contribution in [3.63, 3.8) is 0 Å². The second-order valence-corrected chi connectivity index (χ2v) is 5.44. The van der Waals surface area contributed by atoms with Gasteiger partial charge in [-0.2, -0.15) is 0 Å². The average Bonchev–Trinajstić information content (AvgIpc) is 1.94. The Hall–Kier alpha value is 0.799. The first-order valence-electron chi connectivity index (χ1n) is 3.65. The maximum atomic E-state index is 1.54. The van der Waals surface area contributed by atoms with E-state index in [4.69, 9.17) is 0 Å². The van der Waals surface area contributed by atoms with Gasteiger partial charge < -0.3 is 0 Å². The molecule has 1 saturated carbocycles. The number of hydrogen-bond donors (Lipinski definition) is 0. The van der Waals surface area contributed by atoms with Crippen LogP contribution in [0.15, 0.2) is 0 Å². The van der Waals surface area contributed by atoms with Gasteiger partial charge in [-0.15, -0.1) is 0 Å². The molecular formula is C7H14Sn. The molecule has 2 radical (unpaired) electrons. The summed E-state index contributed by atoms with van der Waals surface area (Å²) in [6, 6.07) is 0. The van der Waals surface area contributed by atoms with Gasteiger partial charge in [-0.1, -0.05) is 0 Å². The average molecular weight is 217 g/mol. The fraction of sp³-hybridized carbons (Fsp3) is 1.00. The molecule has 8 heavy (non-hydrogen) atoms. The minimum atomic E-state index is 1.16. The van der Waals surface area contributed by atoms with E-state index >= 15 is 0 Å². The van der Waals surface area contributed by atoms with Crippen molar-refractivity contribution in [2.75, 3.05) is 0 Å². The van der Waals surface area contributed by atoms with Gasteiger partial charge >= 0.3 is 65.0 Å². The van der Waals surface area contributed by atoms with Crippen molar-refractivity contribution in [3.05, 3.63) is 0 Å². The van der Waals surface area contributed by atoms with Gasteiger partial charge in [-0.25, -0.2) is 0 Å². The van der Waals surface area contributed by atoms with E-state index in [1.807, 2.05) is 0 Å². The van der Waals surface area contributed by atoms with Gasteiger partial charge in [0.1, 0.15) is 0 Å².